The van der Waals surface area contributed by atoms with Gasteiger partial charge in [-0.1, -0.05) is 19.4 Å². The van der Waals surface area contributed by atoms with Gasteiger partial charge in [0.1, 0.15) is 5.82 Å². The van der Waals surface area contributed by atoms with Crippen molar-refractivity contribution >= 4 is 11.3 Å². The minimum atomic E-state index is -0.0173. The van der Waals surface area contributed by atoms with E-state index in [1.165, 1.54) is 6.42 Å². The minimum absolute atomic E-state index is 0.0173. The van der Waals surface area contributed by atoms with Crippen LogP contribution in [0.25, 0.3) is 10.7 Å². The zero-order chi connectivity index (χ0) is 17.9. The zero-order valence-electron chi connectivity index (χ0n) is 14.9. The third-order valence-corrected chi connectivity index (χ3v) is 5.62. The number of H-pyrrole nitrogens is 2. The van der Waals surface area contributed by atoms with Gasteiger partial charge in [0.05, 0.1) is 16.1 Å². The standard InChI is InChI=1S/C19H23N5OS/c1-2-3-6-17-20-10-13(21-17)11-24-8-7-15-14(12-24)19(25)23-18(22-15)16-5-4-9-26-16/h4-5,9-10H,2-3,6-8,11-12H2,1H3,(H,20,21)(H,22,23,25). The first-order valence-electron chi connectivity index (χ1n) is 9.14. The molecule has 0 aromatic carbocycles. The van der Waals surface area contributed by atoms with E-state index in [-0.39, 0.29) is 5.56 Å². The van der Waals surface area contributed by atoms with E-state index in [2.05, 4.69) is 26.8 Å². The van der Waals surface area contributed by atoms with E-state index >= 15 is 0 Å². The molecule has 3 aromatic rings. The Kier molecular flexibility index (Phi) is 4.99. The molecule has 0 fully saturated rings. The molecule has 7 heteroatoms. The van der Waals surface area contributed by atoms with E-state index in [1.54, 1.807) is 11.3 Å². The van der Waals surface area contributed by atoms with Gasteiger partial charge in [0.25, 0.3) is 5.56 Å². The molecule has 0 radical (unpaired) electrons. The van der Waals surface area contributed by atoms with Gasteiger partial charge in [-0.15, -0.1) is 11.3 Å². The van der Waals surface area contributed by atoms with Gasteiger partial charge in [-0.05, 0) is 17.9 Å². The molecule has 0 atom stereocenters. The molecule has 6 nitrogen and oxygen atoms in total. The van der Waals surface area contributed by atoms with Crippen molar-refractivity contribution < 1.29 is 0 Å². The highest BCUT2D eigenvalue weighted by atomic mass is 32.1. The largest absolute Gasteiger partial charge is 0.345 e. The Balaban J connectivity index is 1.48. The predicted molar refractivity (Wildman–Crippen MR) is 103 cm³/mol. The molecule has 136 valence electrons. The number of fused-ring (bicyclic) bond motifs is 1. The van der Waals surface area contributed by atoms with Crippen molar-refractivity contribution in [2.24, 2.45) is 0 Å². The molecule has 4 heterocycles. The molecule has 1 aliphatic heterocycles. The van der Waals surface area contributed by atoms with E-state index in [1.807, 2.05) is 23.7 Å². The van der Waals surface area contributed by atoms with Crippen LogP contribution in [0, 0.1) is 0 Å². The highest BCUT2D eigenvalue weighted by molar-refractivity contribution is 7.13. The van der Waals surface area contributed by atoms with Crippen LogP contribution in [0.1, 0.15) is 42.5 Å². The number of nitrogens with one attached hydrogen (secondary N) is 2. The molecule has 4 rings (SSSR count). The van der Waals surface area contributed by atoms with Crippen LogP contribution in [-0.4, -0.2) is 31.4 Å². The molecule has 0 spiro atoms. The third kappa shape index (κ3) is 3.64. The molecule has 0 unspecified atom stereocenters. The molecule has 0 amide bonds. The Bertz CT molecular complexity index is 928. The number of unbranched alkanes of at least 4 members (excludes halogenated alkanes) is 1. The number of imidazole rings is 1. The molecule has 0 aliphatic carbocycles. The lowest BCUT2D eigenvalue weighted by Crippen LogP contribution is -2.35. The molecule has 0 saturated heterocycles. The summed E-state index contributed by atoms with van der Waals surface area (Å²) in [5.41, 5.74) is 2.82. The van der Waals surface area contributed by atoms with Gasteiger partial charge in [-0.2, -0.15) is 0 Å². The zero-order valence-corrected chi connectivity index (χ0v) is 15.7. The molecule has 0 bridgehead atoms. The normalized spacial score (nSPS) is 14.5. The summed E-state index contributed by atoms with van der Waals surface area (Å²) in [5.74, 6) is 1.74. The van der Waals surface area contributed by atoms with Gasteiger partial charge in [0.15, 0.2) is 5.82 Å². The number of thiophene rings is 1. The van der Waals surface area contributed by atoms with Crippen LogP contribution in [-0.2, 0) is 25.9 Å². The van der Waals surface area contributed by atoms with Crippen LogP contribution >= 0.6 is 11.3 Å². The molecule has 1 aliphatic rings. The lowest BCUT2D eigenvalue weighted by Gasteiger charge is -2.27. The Morgan fingerprint density at radius 3 is 3.08 bits per heavy atom. The fourth-order valence-electron chi connectivity index (χ4n) is 3.34. The number of hydrogen-bond donors (Lipinski definition) is 2. The van der Waals surface area contributed by atoms with Crippen LogP contribution in [0.4, 0.5) is 0 Å². The van der Waals surface area contributed by atoms with Gasteiger partial charge in [0, 0.05) is 44.4 Å². The van der Waals surface area contributed by atoms with Crippen LogP contribution in [0.2, 0.25) is 0 Å². The lowest BCUT2D eigenvalue weighted by atomic mass is 10.1. The predicted octanol–water partition coefficient (Wildman–Crippen LogP) is 3.12. The second-order valence-corrected chi connectivity index (χ2v) is 7.68. The van der Waals surface area contributed by atoms with Crippen LogP contribution in [0.3, 0.4) is 0 Å². The van der Waals surface area contributed by atoms with Crippen molar-refractivity contribution in [3.05, 3.63) is 56.8 Å². The smallest absolute Gasteiger partial charge is 0.255 e. The lowest BCUT2D eigenvalue weighted by molar-refractivity contribution is 0.239. The van der Waals surface area contributed by atoms with Crippen LogP contribution in [0.15, 0.2) is 28.5 Å². The summed E-state index contributed by atoms with van der Waals surface area (Å²) >= 11 is 1.59. The van der Waals surface area contributed by atoms with Gasteiger partial charge in [-0.25, -0.2) is 9.97 Å². The minimum Gasteiger partial charge on any atom is -0.345 e. The van der Waals surface area contributed by atoms with Gasteiger partial charge in [0.2, 0.25) is 0 Å². The number of rotatable bonds is 6. The summed E-state index contributed by atoms with van der Waals surface area (Å²) in [6.45, 7) is 4.50. The molecule has 3 aromatic heterocycles. The van der Waals surface area contributed by atoms with E-state index in [0.29, 0.717) is 12.4 Å². The second-order valence-electron chi connectivity index (χ2n) is 6.74. The van der Waals surface area contributed by atoms with Crippen LogP contribution < -0.4 is 5.56 Å². The van der Waals surface area contributed by atoms with Gasteiger partial charge >= 0.3 is 0 Å². The first-order chi connectivity index (χ1) is 12.7. The Morgan fingerprint density at radius 1 is 1.35 bits per heavy atom. The van der Waals surface area contributed by atoms with Gasteiger partial charge in [-0.3, -0.25) is 9.69 Å². The van der Waals surface area contributed by atoms with E-state index in [4.69, 9.17) is 4.98 Å². The molecular formula is C19H23N5OS. The monoisotopic (exact) mass is 369 g/mol. The number of aromatic amines is 2. The quantitative estimate of drug-likeness (QED) is 0.700. The molecule has 2 N–H and O–H groups in total. The van der Waals surface area contributed by atoms with Crippen molar-refractivity contribution in [2.45, 2.75) is 45.7 Å². The summed E-state index contributed by atoms with van der Waals surface area (Å²) in [6.07, 6.45) is 6.03. The summed E-state index contributed by atoms with van der Waals surface area (Å²) in [6, 6.07) is 3.96. The van der Waals surface area contributed by atoms with Crippen molar-refractivity contribution in [2.75, 3.05) is 6.54 Å². The molecule has 26 heavy (non-hydrogen) atoms. The maximum Gasteiger partial charge on any atom is 0.255 e. The second kappa shape index (κ2) is 7.55. The summed E-state index contributed by atoms with van der Waals surface area (Å²) in [5, 5.41) is 2.00. The Morgan fingerprint density at radius 2 is 2.27 bits per heavy atom. The number of aromatic nitrogens is 4. The summed E-state index contributed by atoms with van der Waals surface area (Å²) < 4.78 is 0. The highest BCUT2D eigenvalue weighted by Gasteiger charge is 2.22. The number of nitrogens with zero attached hydrogens (tertiary/aromatic N) is 3. The summed E-state index contributed by atoms with van der Waals surface area (Å²) in [4.78, 5) is 31.4. The first-order valence-corrected chi connectivity index (χ1v) is 10.0. The van der Waals surface area contributed by atoms with Crippen molar-refractivity contribution in [1.82, 2.24) is 24.8 Å². The fourth-order valence-corrected chi connectivity index (χ4v) is 4.01. The summed E-state index contributed by atoms with van der Waals surface area (Å²) in [7, 11) is 0. The van der Waals surface area contributed by atoms with Crippen molar-refractivity contribution in [3.63, 3.8) is 0 Å². The Hall–Kier alpha value is -2.25. The maximum absolute atomic E-state index is 12.6. The topological polar surface area (TPSA) is 77.7 Å². The first kappa shape index (κ1) is 17.2. The SMILES string of the molecule is CCCCc1ncc(CN2CCc3nc(-c4cccs4)[nH]c(=O)c3C2)[nH]1. The van der Waals surface area contributed by atoms with E-state index in [9.17, 15) is 4.79 Å². The third-order valence-electron chi connectivity index (χ3n) is 4.74. The van der Waals surface area contributed by atoms with E-state index < -0.39 is 0 Å². The molecule has 0 saturated carbocycles. The number of aryl methyl sites for hydroxylation is 1. The number of hydrogen-bond acceptors (Lipinski definition) is 5. The average molecular weight is 369 g/mol. The average Bonchev–Trinajstić information content (AvgIpc) is 3.32. The van der Waals surface area contributed by atoms with E-state index in [0.717, 1.165) is 60.0 Å². The van der Waals surface area contributed by atoms with Crippen molar-refractivity contribution in [3.8, 4) is 10.7 Å². The van der Waals surface area contributed by atoms with Gasteiger partial charge < -0.3 is 9.97 Å². The highest BCUT2D eigenvalue weighted by Crippen LogP contribution is 2.23. The maximum atomic E-state index is 12.6. The molecular weight excluding hydrogens is 346 g/mol. The van der Waals surface area contributed by atoms with Crippen molar-refractivity contribution in [1.29, 1.82) is 0 Å². The van der Waals surface area contributed by atoms with Crippen LogP contribution in [0.5, 0.6) is 0 Å². The fraction of sp³-hybridized carbons (Fsp3) is 0.421. The Labute approximate surface area is 156 Å².